The number of piperazine rings is 2. The first kappa shape index (κ1) is 57.7. The summed E-state index contributed by atoms with van der Waals surface area (Å²) in [5.74, 6) is 0.805. The van der Waals surface area contributed by atoms with E-state index in [1.54, 1.807) is 11.8 Å². The Labute approximate surface area is 463 Å². The maximum absolute atomic E-state index is 12.6. The van der Waals surface area contributed by atoms with E-state index in [1.165, 1.54) is 4.90 Å². The first-order valence-electron chi connectivity index (χ1n) is 26.7. The zero-order valence-electron chi connectivity index (χ0n) is 43.5. The Kier molecular flexibility index (Phi) is 22.7. The Bertz CT molecular complexity index is 2540. The Balaban J connectivity index is 0.000000219. The van der Waals surface area contributed by atoms with Crippen LogP contribution in [0.3, 0.4) is 0 Å². The number of ether oxygens (including phenoxy) is 4. The average molecular weight is 1110 g/mol. The van der Waals surface area contributed by atoms with Gasteiger partial charge in [0, 0.05) is 90.2 Å². The third-order valence-corrected chi connectivity index (χ3v) is 15.7. The summed E-state index contributed by atoms with van der Waals surface area (Å²) < 4.78 is 22.7. The van der Waals surface area contributed by atoms with E-state index in [4.69, 9.17) is 65.4 Å². The molecule has 8 rings (SSSR count). The van der Waals surface area contributed by atoms with Gasteiger partial charge in [0.25, 0.3) is 0 Å². The Morgan fingerprint density at radius 3 is 1.40 bits per heavy atom. The molecule has 0 unspecified atom stereocenters. The van der Waals surface area contributed by atoms with Crippen LogP contribution < -0.4 is 29.1 Å². The van der Waals surface area contributed by atoms with Crippen molar-refractivity contribution in [2.24, 2.45) is 0 Å². The van der Waals surface area contributed by atoms with Gasteiger partial charge in [0.15, 0.2) is 13.5 Å². The summed E-state index contributed by atoms with van der Waals surface area (Å²) in [5.41, 5.74) is 5.70. The van der Waals surface area contributed by atoms with E-state index in [0.717, 1.165) is 156 Å². The second-order valence-electron chi connectivity index (χ2n) is 19.2. The predicted molar refractivity (Wildman–Crippen MR) is 301 cm³/mol. The van der Waals surface area contributed by atoms with Crippen molar-refractivity contribution >= 4 is 92.9 Å². The summed E-state index contributed by atoms with van der Waals surface area (Å²) in [6.45, 7) is 14.6. The van der Waals surface area contributed by atoms with Crippen LogP contribution in [-0.4, -0.2) is 126 Å². The molecule has 0 aliphatic carbocycles. The normalized spacial score (nSPS) is 16.0. The van der Waals surface area contributed by atoms with Crippen molar-refractivity contribution in [1.82, 2.24) is 9.80 Å². The summed E-state index contributed by atoms with van der Waals surface area (Å²) in [4.78, 5) is 61.3. The maximum atomic E-state index is 12.6. The van der Waals surface area contributed by atoms with Gasteiger partial charge in [0.1, 0.15) is 11.5 Å². The molecule has 4 aliphatic rings. The van der Waals surface area contributed by atoms with Crippen LogP contribution in [0.1, 0.15) is 95.6 Å². The van der Waals surface area contributed by atoms with E-state index in [-0.39, 0.29) is 43.6 Å². The van der Waals surface area contributed by atoms with Gasteiger partial charge in [-0.05, 0) is 106 Å². The molecule has 0 radical (unpaired) electrons. The van der Waals surface area contributed by atoms with Crippen LogP contribution in [0.2, 0.25) is 20.1 Å². The highest BCUT2D eigenvalue weighted by molar-refractivity contribution is 6.44. The Morgan fingerprint density at radius 1 is 0.507 bits per heavy atom. The number of anilines is 4. The Morgan fingerprint density at radius 2 is 0.960 bits per heavy atom. The summed E-state index contributed by atoms with van der Waals surface area (Å²) in [7, 11) is 0. The minimum absolute atomic E-state index is 0.0289. The Hall–Kier alpha value is -4.96. The molecular weight excluding hydrogens is 1040 g/mol. The number of carbonyl (C=O) groups excluding carboxylic acids is 4. The van der Waals surface area contributed by atoms with E-state index in [0.29, 0.717) is 65.4 Å². The highest BCUT2D eigenvalue weighted by Gasteiger charge is 2.28. The van der Waals surface area contributed by atoms with Gasteiger partial charge < -0.3 is 28.7 Å². The summed E-state index contributed by atoms with van der Waals surface area (Å²) in [6.07, 6.45) is 9.69. The summed E-state index contributed by atoms with van der Waals surface area (Å²) in [5, 5.41) is 2.44. The molecule has 0 N–H and O–H groups in total. The fraction of sp³-hybridized carbons (Fsp3) is 0.509. The van der Waals surface area contributed by atoms with Crippen molar-refractivity contribution in [3.05, 3.63) is 104 Å². The van der Waals surface area contributed by atoms with Gasteiger partial charge in [-0.25, -0.2) is 0 Å². The molecule has 2 fully saturated rings. The second-order valence-corrected chi connectivity index (χ2v) is 20.8. The molecule has 2 amide bonds. The number of amides is 2. The fourth-order valence-electron chi connectivity index (χ4n) is 9.62. The van der Waals surface area contributed by atoms with Gasteiger partial charge in [0.05, 0.1) is 56.1 Å². The molecule has 0 aromatic heterocycles. The number of hydrogen-bond donors (Lipinski definition) is 0. The molecule has 4 heterocycles. The van der Waals surface area contributed by atoms with Gasteiger partial charge in [0.2, 0.25) is 11.8 Å². The van der Waals surface area contributed by atoms with Crippen LogP contribution in [0.25, 0.3) is 0 Å². The van der Waals surface area contributed by atoms with Crippen molar-refractivity contribution in [3.63, 3.8) is 0 Å². The molecule has 406 valence electrons. The smallest absolute Gasteiger partial charge is 0.307 e. The van der Waals surface area contributed by atoms with Crippen LogP contribution in [0.4, 0.5) is 22.7 Å². The number of nitrogens with zero attached hydrogens (tertiary/aromatic N) is 6. The number of rotatable bonds is 23. The van der Waals surface area contributed by atoms with Gasteiger partial charge in [-0.1, -0.05) is 97.4 Å². The number of esters is 2. The molecule has 0 atom stereocenters. The van der Waals surface area contributed by atoms with Crippen molar-refractivity contribution in [2.45, 2.75) is 97.3 Å². The standard InChI is InChI=1S/C30H39Cl2N3O4.C27H33Cl2N3O4/c1-2-3-4-10-29(37)39-22-35-27-21-24(13-11-23(27)12-14-28(35)36)38-20-6-5-15-33-16-18-34(19-17-33)26-9-7-8-25(31)30(26)32;1-2-26(34)36-19-32-24-18-21(10-8-20(24)9-11-25(32)33)35-17-4-3-12-30-13-15-31(16-14-30)23-7-5-6-22(28)27(23)29/h7-9,11,13,21H,2-6,10,12,14-20,22H2,1H3;5-8,10,18H,2-4,9,11-17,19H2,1H3. The van der Waals surface area contributed by atoms with Crippen LogP contribution >= 0.6 is 46.4 Å². The SMILES string of the molecule is CCC(=O)OCN1C(=O)CCc2ccc(OCCCCN3CCN(c4cccc(Cl)c4Cl)CC3)cc21.CCCCCC(=O)OCN1C(=O)CCc2ccc(OCCCCN3CCN(c4cccc(Cl)c4Cl)CC3)cc21. The second kappa shape index (κ2) is 29.5. The zero-order chi connectivity index (χ0) is 53.1. The van der Waals surface area contributed by atoms with Crippen LogP contribution in [0.5, 0.6) is 11.5 Å². The molecule has 0 saturated carbocycles. The van der Waals surface area contributed by atoms with Crippen molar-refractivity contribution in [3.8, 4) is 11.5 Å². The molecule has 14 nitrogen and oxygen atoms in total. The lowest BCUT2D eigenvalue weighted by atomic mass is 10.0. The third kappa shape index (κ3) is 16.8. The number of carbonyl (C=O) groups is 4. The lowest BCUT2D eigenvalue weighted by Crippen LogP contribution is -2.46. The maximum Gasteiger partial charge on any atom is 0.307 e. The predicted octanol–water partition coefficient (Wildman–Crippen LogP) is 11.5. The molecular formula is C57H72Cl4N6O8. The third-order valence-electron chi connectivity index (χ3n) is 14.1. The van der Waals surface area contributed by atoms with Gasteiger partial charge in [-0.15, -0.1) is 0 Å². The lowest BCUT2D eigenvalue weighted by Gasteiger charge is -2.36. The molecule has 0 bridgehead atoms. The topological polar surface area (TPSA) is 125 Å². The summed E-state index contributed by atoms with van der Waals surface area (Å²) in [6, 6.07) is 23.3. The van der Waals surface area contributed by atoms with Crippen molar-refractivity contribution in [1.29, 1.82) is 0 Å². The number of fused-ring (bicyclic) bond motifs is 2. The van der Waals surface area contributed by atoms with E-state index in [1.807, 2.05) is 72.8 Å². The van der Waals surface area contributed by atoms with E-state index < -0.39 is 0 Å². The monoisotopic (exact) mass is 1110 g/mol. The minimum Gasteiger partial charge on any atom is -0.494 e. The first-order chi connectivity index (χ1) is 36.4. The van der Waals surface area contributed by atoms with E-state index >= 15 is 0 Å². The molecule has 4 aromatic carbocycles. The van der Waals surface area contributed by atoms with Crippen LogP contribution in [-0.2, 0) is 41.5 Å². The lowest BCUT2D eigenvalue weighted by molar-refractivity contribution is -0.145. The van der Waals surface area contributed by atoms with Crippen LogP contribution in [0.15, 0.2) is 72.8 Å². The average Bonchev–Trinajstić information content (AvgIpc) is 3.42. The molecule has 4 aromatic rings. The van der Waals surface area contributed by atoms with Crippen molar-refractivity contribution < 1.29 is 38.1 Å². The summed E-state index contributed by atoms with van der Waals surface area (Å²) >= 11 is 25.1. The fourth-order valence-corrected chi connectivity index (χ4v) is 10.4. The molecule has 4 aliphatic heterocycles. The quantitative estimate of drug-likeness (QED) is 0.0519. The highest BCUT2D eigenvalue weighted by atomic mass is 35.5. The van der Waals surface area contributed by atoms with Gasteiger partial charge in [-0.2, -0.15) is 0 Å². The van der Waals surface area contributed by atoms with Gasteiger partial charge in [-0.3, -0.25) is 38.8 Å². The number of hydrogen-bond acceptors (Lipinski definition) is 12. The number of benzene rings is 4. The molecule has 75 heavy (non-hydrogen) atoms. The molecule has 2 saturated heterocycles. The van der Waals surface area contributed by atoms with E-state index in [9.17, 15) is 19.2 Å². The number of unbranched alkanes of at least 4 members (excludes halogenated alkanes) is 4. The number of aryl methyl sites for hydroxylation is 2. The minimum atomic E-state index is -0.322. The largest absolute Gasteiger partial charge is 0.494 e. The van der Waals surface area contributed by atoms with Crippen LogP contribution in [0, 0.1) is 0 Å². The van der Waals surface area contributed by atoms with Crippen molar-refractivity contribution in [2.75, 3.05) is 112 Å². The molecule has 0 spiro atoms. The highest BCUT2D eigenvalue weighted by Crippen LogP contribution is 2.36. The molecule has 18 heteroatoms. The van der Waals surface area contributed by atoms with Gasteiger partial charge >= 0.3 is 11.9 Å². The zero-order valence-corrected chi connectivity index (χ0v) is 46.5. The number of halogens is 4. The first-order valence-corrected chi connectivity index (χ1v) is 28.2. The van der Waals surface area contributed by atoms with E-state index in [2.05, 4.69) is 26.5 Å².